The maximum atomic E-state index is 11.9. The minimum absolute atomic E-state index is 0.157. The lowest BCUT2D eigenvalue weighted by atomic mass is 10.4. The van der Waals surface area contributed by atoms with E-state index in [9.17, 15) is 14.4 Å². The van der Waals surface area contributed by atoms with Crippen LogP contribution in [0.5, 0.6) is 0 Å². The molecule has 1 fully saturated rings. The Morgan fingerprint density at radius 2 is 2.00 bits per heavy atom. The van der Waals surface area contributed by atoms with Gasteiger partial charge in [-0.05, 0) is 0 Å². The number of imidazole rings is 1. The molecule has 112 valence electrons. The highest BCUT2D eigenvalue weighted by molar-refractivity contribution is 6.06. The molecule has 9 heteroatoms. The quantitative estimate of drug-likeness (QED) is 0.780. The van der Waals surface area contributed by atoms with Crippen molar-refractivity contribution in [3.8, 4) is 5.82 Å². The van der Waals surface area contributed by atoms with Gasteiger partial charge in [-0.3, -0.25) is 23.9 Å². The van der Waals surface area contributed by atoms with Crippen molar-refractivity contribution in [2.75, 3.05) is 11.9 Å². The largest absolute Gasteiger partial charge is 0.309 e. The molecule has 3 heterocycles. The first kappa shape index (κ1) is 13.9. The summed E-state index contributed by atoms with van der Waals surface area (Å²) in [7, 11) is 0. The molecular weight excluding hydrogens is 288 g/mol. The monoisotopic (exact) mass is 300 g/mol. The number of rotatable bonds is 4. The number of hydrogen-bond donors (Lipinski definition) is 1. The Balaban J connectivity index is 1.68. The number of nitrogens with zero attached hydrogens (tertiary/aromatic N) is 5. The summed E-state index contributed by atoms with van der Waals surface area (Å²) in [5.74, 6) is -0.332. The first-order chi connectivity index (χ1) is 10.6. The zero-order valence-electron chi connectivity index (χ0n) is 11.5. The van der Waals surface area contributed by atoms with Crippen LogP contribution in [0.15, 0.2) is 31.1 Å². The summed E-state index contributed by atoms with van der Waals surface area (Å²) < 4.78 is 1.66. The van der Waals surface area contributed by atoms with Crippen LogP contribution in [0.1, 0.15) is 12.8 Å². The maximum Gasteiger partial charge on any atom is 0.245 e. The molecule has 0 unspecified atom stereocenters. The van der Waals surface area contributed by atoms with Crippen molar-refractivity contribution in [1.29, 1.82) is 0 Å². The highest BCUT2D eigenvalue weighted by Gasteiger charge is 2.30. The van der Waals surface area contributed by atoms with Crippen LogP contribution < -0.4 is 5.32 Å². The zero-order chi connectivity index (χ0) is 15.5. The molecule has 2 aromatic rings. The summed E-state index contributed by atoms with van der Waals surface area (Å²) >= 11 is 0. The number of nitrogens with one attached hydrogen (secondary N) is 1. The van der Waals surface area contributed by atoms with Crippen LogP contribution in [0.25, 0.3) is 5.82 Å². The minimum Gasteiger partial charge on any atom is -0.309 e. The molecule has 22 heavy (non-hydrogen) atoms. The van der Waals surface area contributed by atoms with Crippen LogP contribution in [0.4, 0.5) is 5.82 Å². The number of carbonyl (C=O) groups is 3. The molecule has 1 aliphatic rings. The Labute approximate surface area is 125 Å². The summed E-state index contributed by atoms with van der Waals surface area (Å²) in [6, 6.07) is 1.56. The zero-order valence-corrected chi connectivity index (χ0v) is 11.5. The van der Waals surface area contributed by atoms with Gasteiger partial charge in [-0.2, -0.15) is 0 Å². The second-order valence-electron chi connectivity index (χ2n) is 4.65. The number of anilines is 1. The third-order valence-electron chi connectivity index (χ3n) is 3.15. The summed E-state index contributed by atoms with van der Waals surface area (Å²) in [6.45, 7) is -0.303. The van der Waals surface area contributed by atoms with Crippen molar-refractivity contribution in [1.82, 2.24) is 24.4 Å². The molecule has 0 aromatic carbocycles. The van der Waals surface area contributed by atoms with Gasteiger partial charge in [-0.15, -0.1) is 0 Å². The van der Waals surface area contributed by atoms with Crippen LogP contribution in [0.3, 0.4) is 0 Å². The second kappa shape index (κ2) is 5.72. The van der Waals surface area contributed by atoms with E-state index in [0.29, 0.717) is 5.82 Å². The molecule has 0 bridgehead atoms. The Hall–Kier alpha value is -3.10. The standard InChI is InChI=1S/C13H12N6O3/c20-11(6-19-12(21)1-2-13(19)22)17-9-5-10(16-7-15-9)18-4-3-14-8-18/h3-5,7-8H,1-2,6H2,(H,15,16,17,20). The van der Waals surface area contributed by atoms with E-state index >= 15 is 0 Å². The first-order valence-corrected chi connectivity index (χ1v) is 6.57. The fraction of sp³-hybridized carbons (Fsp3) is 0.231. The summed E-state index contributed by atoms with van der Waals surface area (Å²) in [5, 5.41) is 2.54. The van der Waals surface area contributed by atoms with E-state index in [-0.39, 0.29) is 37.0 Å². The van der Waals surface area contributed by atoms with Crippen molar-refractivity contribution >= 4 is 23.5 Å². The molecule has 1 saturated heterocycles. The van der Waals surface area contributed by atoms with E-state index in [1.807, 2.05) is 0 Å². The van der Waals surface area contributed by atoms with E-state index in [4.69, 9.17) is 0 Å². The average molecular weight is 300 g/mol. The van der Waals surface area contributed by atoms with Crippen LogP contribution in [-0.4, -0.2) is 48.7 Å². The average Bonchev–Trinajstić information content (AvgIpc) is 3.13. The molecule has 3 amide bonds. The van der Waals surface area contributed by atoms with Gasteiger partial charge in [-0.25, -0.2) is 15.0 Å². The lowest BCUT2D eigenvalue weighted by molar-refractivity contribution is -0.141. The molecule has 3 rings (SSSR count). The number of hydrogen-bond acceptors (Lipinski definition) is 6. The van der Waals surface area contributed by atoms with E-state index < -0.39 is 5.91 Å². The molecular formula is C13H12N6O3. The van der Waals surface area contributed by atoms with Crippen molar-refractivity contribution < 1.29 is 14.4 Å². The number of aromatic nitrogens is 4. The van der Waals surface area contributed by atoms with Gasteiger partial charge >= 0.3 is 0 Å². The summed E-state index contributed by atoms with van der Waals surface area (Å²) in [5.41, 5.74) is 0. The van der Waals surface area contributed by atoms with Gasteiger partial charge in [0.15, 0.2) is 0 Å². The third-order valence-corrected chi connectivity index (χ3v) is 3.15. The fourth-order valence-corrected chi connectivity index (χ4v) is 2.08. The minimum atomic E-state index is -0.487. The number of carbonyl (C=O) groups excluding carboxylic acids is 3. The summed E-state index contributed by atoms with van der Waals surface area (Å²) in [6.07, 6.45) is 6.49. The van der Waals surface area contributed by atoms with Gasteiger partial charge < -0.3 is 5.32 Å². The third kappa shape index (κ3) is 2.82. The van der Waals surface area contributed by atoms with Crippen LogP contribution in [0, 0.1) is 0 Å². The van der Waals surface area contributed by atoms with Crippen LogP contribution in [0.2, 0.25) is 0 Å². The van der Waals surface area contributed by atoms with Gasteiger partial charge in [0.1, 0.15) is 30.8 Å². The maximum absolute atomic E-state index is 11.9. The molecule has 9 nitrogen and oxygen atoms in total. The van der Waals surface area contributed by atoms with E-state index in [2.05, 4.69) is 20.3 Å². The Morgan fingerprint density at radius 1 is 1.23 bits per heavy atom. The number of amides is 3. The Kier molecular flexibility index (Phi) is 3.60. The van der Waals surface area contributed by atoms with Crippen molar-refractivity contribution in [2.45, 2.75) is 12.8 Å². The van der Waals surface area contributed by atoms with Gasteiger partial charge in [0, 0.05) is 31.3 Å². The molecule has 0 saturated carbocycles. The first-order valence-electron chi connectivity index (χ1n) is 6.57. The molecule has 0 radical (unpaired) electrons. The Bertz CT molecular complexity index is 711. The van der Waals surface area contributed by atoms with E-state index in [0.717, 1.165) is 4.90 Å². The van der Waals surface area contributed by atoms with Gasteiger partial charge in [-0.1, -0.05) is 0 Å². The van der Waals surface area contributed by atoms with Crippen molar-refractivity contribution in [3.05, 3.63) is 31.1 Å². The second-order valence-corrected chi connectivity index (χ2v) is 4.65. The highest BCUT2D eigenvalue weighted by atomic mass is 16.2. The van der Waals surface area contributed by atoms with E-state index in [1.54, 1.807) is 29.4 Å². The van der Waals surface area contributed by atoms with Gasteiger partial charge in [0.05, 0.1) is 0 Å². The summed E-state index contributed by atoms with van der Waals surface area (Å²) in [4.78, 5) is 47.7. The topological polar surface area (TPSA) is 110 Å². The molecule has 2 aromatic heterocycles. The molecule has 0 aliphatic carbocycles. The predicted molar refractivity (Wildman–Crippen MR) is 73.7 cm³/mol. The Morgan fingerprint density at radius 3 is 2.68 bits per heavy atom. The van der Waals surface area contributed by atoms with Crippen LogP contribution in [-0.2, 0) is 14.4 Å². The van der Waals surface area contributed by atoms with Gasteiger partial charge in [0.25, 0.3) is 0 Å². The molecule has 0 atom stereocenters. The lowest BCUT2D eigenvalue weighted by Gasteiger charge is -2.13. The smallest absolute Gasteiger partial charge is 0.245 e. The van der Waals surface area contributed by atoms with Crippen molar-refractivity contribution in [3.63, 3.8) is 0 Å². The van der Waals surface area contributed by atoms with Crippen LogP contribution >= 0.6 is 0 Å². The predicted octanol–water partition coefficient (Wildman–Crippen LogP) is -0.250. The van der Waals surface area contributed by atoms with Gasteiger partial charge in [0.2, 0.25) is 17.7 Å². The normalized spacial score (nSPS) is 14.5. The SMILES string of the molecule is O=C(CN1C(=O)CCC1=O)Nc1cc(-n2ccnc2)ncn1. The highest BCUT2D eigenvalue weighted by Crippen LogP contribution is 2.12. The fourth-order valence-electron chi connectivity index (χ4n) is 2.08. The number of likely N-dealkylation sites (tertiary alicyclic amines) is 1. The molecule has 1 N–H and O–H groups in total. The van der Waals surface area contributed by atoms with Crippen molar-refractivity contribution in [2.24, 2.45) is 0 Å². The lowest BCUT2D eigenvalue weighted by Crippen LogP contribution is -2.37. The number of imide groups is 1. The van der Waals surface area contributed by atoms with E-state index in [1.165, 1.54) is 6.33 Å². The molecule has 0 spiro atoms. The molecule has 1 aliphatic heterocycles.